The van der Waals surface area contributed by atoms with Gasteiger partial charge in [0.15, 0.2) is 17.0 Å². The molecule has 1 saturated heterocycles. The summed E-state index contributed by atoms with van der Waals surface area (Å²) in [4.78, 5) is 22.5. The van der Waals surface area contributed by atoms with E-state index in [1.807, 2.05) is 6.07 Å². The number of benzene rings is 1. The van der Waals surface area contributed by atoms with E-state index in [9.17, 15) is 4.39 Å². The summed E-state index contributed by atoms with van der Waals surface area (Å²) in [5.41, 5.74) is 2.80. The number of hydrogen-bond donors (Lipinski definition) is 1. The first kappa shape index (κ1) is 17.5. The molecule has 0 spiro atoms. The number of halogens is 1. The Balaban J connectivity index is 1.62. The number of likely N-dealkylation sites (N-methyl/N-ethyl adjacent to an activating group) is 1. The smallest absolute Gasteiger partial charge is 0.229 e. The molecule has 0 saturated carbocycles. The molecule has 140 valence electrons. The van der Waals surface area contributed by atoms with Crippen LogP contribution in [0.2, 0.25) is 0 Å². The highest BCUT2D eigenvalue weighted by Crippen LogP contribution is 2.22. The lowest BCUT2D eigenvalue weighted by molar-refractivity contribution is 0.311. The minimum atomic E-state index is -0.200. The van der Waals surface area contributed by atoms with E-state index >= 15 is 0 Å². The maximum atomic E-state index is 13.5. The minimum absolute atomic E-state index is 0.200. The summed E-state index contributed by atoms with van der Waals surface area (Å²) in [7, 11) is 2.11. The van der Waals surface area contributed by atoms with Crippen LogP contribution in [0.5, 0.6) is 0 Å². The van der Waals surface area contributed by atoms with Gasteiger partial charge in [0.2, 0.25) is 5.95 Å². The average molecular weight is 367 g/mol. The molecule has 3 aromatic rings. The first-order valence-corrected chi connectivity index (χ1v) is 9.01. The predicted octanol–water partition coefficient (Wildman–Crippen LogP) is 2.23. The van der Waals surface area contributed by atoms with Crippen LogP contribution < -0.4 is 10.2 Å². The molecule has 8 heteroatoms. The second kappa shape index (κ2) is 7.40. The highest BCUT2D eigenvalue weighted by atomic mass is 19.1. The summed E-state index contributed by atoms with van der Waals surface area (Å²) in [6.07, 6.45) is 3.27. The largest absolute Gasteiger partial charge is 0.364 e. The zero-order valence-electron chi connectivity index (χ0n) is 15.5. The minimum Gasteiger partial charge on any atom is -0.364 e. The van der Waals surface area contributed by atoms with Gasteiger partial charge in [-0.1, -0.05) is 12.1 Å². The zero-order valence-corrected chi connectivity index (χ0v) is 15.5. The Bertz CT molecular complexity index is 954. The number of nitrogens with one attached hydrogen (secondary N) is 1. The third kappa shape index (κ3) is 3.80. The lowest BCUT2D eigenvalue weighted by Crippen LogP contribution is -2.45. The summed E-state index contributed by atoms with van der Waals surface area (Å²) in [5, 5.41) is 3.33. The van der Waals surface area contributed by atoms with E-state index in [2.05, 4.69) is 37.1 Å². The standard InChI is InChI=1S/C19H22FN7/c1-13-11-14(3-4-15(13)20)12-23-18-16-17(22-6-5-21-16)24-19(25-18)27-9-7-26(2)8-10-27/h3-6,11H,7-10,12H2,1-2H3,(H,22,23,24,25). The molecular weight excluding hydrogens is 345 g/mol. The fourth-order valence-electron chi connectivity index (χ4n) is 3.13. The highest BCUT2D eigenvalue weighted by molar-refractivity contribution is 5.83. The molecule has 4 rings (SSSR count). The number of rotatable bonds is 4. The first-order chi connectivity index (χ1) is 13.1. The van der Waals surface area contributed by atoms with Crippen LogP contribution >= 0.6 is 0 Å². The first-order valence-electron chi connectivity index (χ1n) is 9.01. The molecule has 2 aromatic heterocycles. The maximum Gasteiger partial charge on any atom is 0.229 e. The molecular formula is C19H22FN7. The van der Waals surface area contributed by atoms with Crippen LogP contribution in [-0.4, -0.2) is 58.1 Å². The third-order valence-electron chi connectivity index (χ3n) is 4.79. The maximum absolute atomic E-state index is 13.5. The number of hydrogen-bond acceptors (Lipinski definition) is 7. The number of anilines is 2. The van der Waals surface area contributed by atoms with Gasteiger partial charge in [-0.25, -0.2) is 14.4 Å². The van der Waals surface area contributed by atoms with Gasteiger partial charge in [-0.3, -0.25) is 0 Å². The summed E-state index contributed by atoms with van der Waals surface area (Å²) < 4.78 is 13.5. The van der Waals surface area contributed by atoms with E-state index in [4.69, 9.17) is 4.98 Å². The van der Waals surface area contributed by atoms with Gasteiger partial charge >= 0.3 is 0 Å². The monoisotopic (exact) mass is 367 g/mol. The van der Waals surface area contributed by atoms with Gasteiger partial charge in [0.1, 0.15) is 5.82 Å². The Morgan fingerprint density at radius 2 is 1.85 bits per heavy atom. The molecule has 1 aliphatic rings. The van der Waals surface area contributed by atoms with Crippen LogP contribution in [-0.2, 0) is 6.54 Å². The van der Waals surface area contributed by atoms with Crippen LogP contribution in [0.25, 0.3) is 11.2 Å². The fraction of sp³-hybridized carbons (Fsp3) is 0.368. The number of aromatic nitrogens is 4. The van der Waals surface area contributed by atoms with Crippen molar-refractivity contribution >= 4 is 22.9 Å². The van der Waals surface area contributed by atoms with Gasteiger partial charge < -0.3 is 15.1 Å². The van der Waals surface area contributed by atoms with Crippen LogP contribution in [0.4, 0.5) is 16.2 Å². The molecule has 0 radical (unpaired) electrons. The van der Waals surface area contributed by atoms with Gasteiger partial charge in [0.25, 0.3) is 0 Å². The highest BCUT2D eigenvalue weighted by Gasteiger charge is 2.19. The molecule has 0 atom stereocenters. The van der Waals surface area contributed by atoms with Crippen LogP contribution in [0.1, 0.15) is 11.1 Å². The lowest BCUT2D eigenvalue weighted by Gasteiger charge is -2.32. The van der Waals surface area contributed by atoms with E-state index in [1.165, 1.54) is 6.07 Å². The van der Waals surface area contributed by atoms with Crippen LogP contribution in [0.15, 0.2) is 30.6 Å². The molecule has 0 bridgehead atoms. The molecule has 1 aromatic carbocycles. The number of piperazine rings is 1. The third-order valence-corrected chi connectivity index (χ3v) is 4.79. The number of fused-ring (bicyclic) bond motifs is 1. The van der Waals surface area contributed by atoms with Crippen LogP contribution in [0.3, 0.4) is 0 Å². The van der Waals surface area contributed by atoms with Gasteiger partial charge in [-0.15, -0.1) is 0 Å². The fourth-order valence-corrected chi connectivity index (χ4v) is 3.13. The molecule has 3 heterocycles. The van der Waals surface area contributed by atoms with Gasteiger partial charge in [-0.2, -0.15) is 9.97 Å². The molecule has 7 nitrogen and oxygen atoms in total. The second-order valence-corrected chi connectivity index (χ2v) is 6.83. The van der Waals surface area contributed by atoms with Crippen molar-refractivity contribution in [2.75, 3.05) is 43.4 Å². The normalized spacial score (nSPS) is 15.3. The topological polar surface area (TPSA) is 70.1 Å². The van der Waals surface area contributed by atoms with Crippen molar-refractivity contribution in [3.63, 3.8) is 0 Å². The van der Waals surface area contributed by atoms with Gasteiger partial charge in [0.05, 0.1) is 0 Å². The number of nitrogens with zero attached hydrogens (tertiary/aromatic N) is 6. The van der Waals surface area contributed by atoms with Gasteiger partial charge in [0, 0.05) is 45.1 Å². The summed E-state index contributed by atoms with van der Waals surface area (Å²) in [6.45, 7) is 5.97. The van der Waals surface area contributed by atoms with E-state index in [0.717, 1.165) is 31.7 Å². The second-order valence-electron chi connectivity index (χ2n) is 6.83. The van der Waals surface area contributed by atoms with Gasteiger partial charge in [-0.05, 0) is 31.2 Å². The molecule has 0 unspecified atom stereocenters. The molecule has 1 fully saturated rings. The molecule has 1 aliphatic heterocycles. The van der Waals surface area contributed by atoms with Crippen molar-refractivity contribution in [1.82, 2.24) is 24.8 Å². The Labute approximate surface area is 157 Å². The molecule has 0 amide bonds. The number of aryl methyl sites for hydroxylation is 1. The molecule has 1 N–H and O–H groups in total. The van der Waals surface area contributed by atoms with Crippen molar-refractivity contribution in [1.29, 1.82) is 0 Å². The summed E-state index contributed by atoms with van der Waals surface area (Å²) in [5.74, 6) is 1.10. The summed E-state index contributed by atoms with van der Waals surface area (Å²) in [6, 6.07) is 5.09. The van der Waals surface area contributed by atoms with Crippen molar-refractivity contribution < 1.29 is 4.39 Å². The Morgan fingerprint density at radius 3 is 2.63 bits per heavy atom. The lowest BCUT2D eigenvalue weighted by atomic mass is 10.1. The van der Waals surface area contributed by atoms with E-state index in [-0.39, 0.29) is 5.82 Å². The van der Waals surface area contributed by atoms with E-state index in [1.54, 1.807) is 25.4 Å². The van der Waals surface area contributed by atoms with Crippen molar-refractivity contribution in [2.24, 2.45) is 0 Å². The Kier molecular flexibility index (Phi) is 4.81. The Hall–Kier alpha value is -2.87. The van der Waals surface area contributed by atoms with E-state index < -0.39 is 0 Å². The zero-order chi connectivity index (χ0) is 18.8. The molecule has 0 aliphatic carbocycles. The van der Waals surface area contributed by atoms with Crippen molar-refractivity contribution in [2.45, 2.75) is 13.5 Å². The quantitative estimate of drug-likeness (QED) is 0.758. The van der Waals surface area contributed by atoms with Crippen molar-refractivity contribution in [3.8, 4) is 0 Å². The Morgan fingerprint density at radius 1 is 1.07 bits per heavy atom. The summed E-state index contributed by atoms with van der Waals surface area (Å²) >= 11 is 0. The predicted molar refractivity (Wildman–Crippen MR) is 103 cm³/mol. The van der Waals surface area contributed by atoms with Crippen LogP contribution in [0, 0.1) is 12.7 Å². The SMILES string of the molecule is Cc1cc(CNc2nc(N3CCN(C)CC3)nc3nccnc23)ccc1F. The average Bonchev–Trinajstić information content (AvgIpc) is 2.69. The molecule has 27 heavy (non-hydrogen) atoms. The van der Waals surface area contributed by atoms with Crippen molar-refractivity contribution in [3.05, 3.63) is 47.5 Å². The van der Waals surface area contributed by atoms with E-state index in [0.29, 0.717) is 35.0 Å².